The first kappa shape index (κ1) is 17.2. The number of hydrogen-bond acceptors (Lipinski definition) is 3. The van der Waals surface area contributed by atoms with Crippen molar-refractivity contribution in [1.82, 2.24) is 5.32 Å². The van der Waals surface area contributed by atoms with E-state index in [1.54, 1.807) is 38.3 Å². The molecule has 0 aliphatic carbocycles. The van der Waals surface area contributed by atoms with Crippen molar-refractivity contribution in [2.24, 2.45) is 0 Å². The van der Waals surface area contributed by atoms with Gasteiger partial charge in [-0.25, -0.2) is 0 Å². The molecule has 2 atom stereocenters. The lowest BCUT2D eigenvalue weighted by Crippen LogP contribution is -2.37. The zero-order valence-electron chi connectivity index (χ0n) is 13.4. The number of carbonyl (C=O) groups is 1. The first-order valence-electron chi connectivity index (χ1n) is 7.36. The molecule has 5 heteroatoms. The highest BCUT2D eigenvalue weighted by atomic mass is 35.5. The molecule has 0 aliphatic rings. The van der Waals surface area contributed by atoms with E-state index < -0.39 is 6.10 Å². The van der Waals surface area contributed by atoms with Gasteiger partial charge in [0.25, 0.3) is 5.91 Å². The van der Waals surface area contributed by atoms with Crippen LogP contribution >= 0.6 is 11.6 Å². The molecule has 1 N–H and O–H groups in total. The smallest absolute Gasteiger partial charge is 0.261 e. The summed E-state index contributed by atoms with van der Waals surface area (Å²) in [6.07, 6.45) is -0.634. The van der Waals surface area contributed by atoms with Gasteiger partial charge in [-0.2, -0.15) is 0 Å². The first-order valence-corrected chi connectivity index (χ1v) is 7.74. The van der Waals surface area contributed by atoms with Crippen LogP contribution in [0.2, 0.25) is 5.02 Å². The molecule has 4 nitrogen and oxygen atoms in total. The highest BCUT2D eigenvalue weighted by Crippen LogP contribution is 2.24. The van der Waals surface area contributed by atoms with E-state index in [-0.39, 0.29) is 11.9 Å². The molecule has 0 saturated carbocycles. The monoisotopic (exact) mass is 333 g/mol. The molecule has 0 spiro atoms. The van der Waals surface area contributed by atoms with Gasteiger partial charge in [0.15, 0.2) is 6.10 Å². The van der Waals surface area contributed by atoms with Crippen LogP contribution in [-0.4, -0.2) is 19.1 Å². The molecule has 2 rings (SSSR count). The van der Waals surface area contributed by atoms with Crippen LogP contribution in [0.5, 0.6) is 11.5 Å². The summed E-state index contributed by atoms with van der Waals surface area (Å²) >= 11 is 5.91. The van der Waals surface area contributed by atoms with E-state index in [0.717, 1.165) is 11.3 Å². The van der Waals surface area contributed by atoms with Gasteiger partial charge in [-0.15, -0.1) is 0 Å². The predicted molar refractivity (Wildman–Crippen MR) is 91.1 cm³/mol. The Hall–Kier alpha value is -2.20. The molecule has 0 radical (unpaired) electrons. The molecule has 122 valence electrons. The van der Waals surface area contributed by atoms with E-state index in [1.807, 2.05) is 31.2 Å². The quantitative estimate of drug-likeness (QED) is 0.869. The lowest BCUT2D eigenvalue weighted by molar-refractivity contribution is -0.127. The van der Waals surface area contributed by atoms with Crippen LogP contribution in [0.4, 0.5) is 0 Å². The number of ether oxygens (including phenoxy) is 2. The third-order valence-electron chi connectivity index (χ3n) is 3.44. The molecule has 1 amide bonds. The predicted octanol–water partition coefficient (Wildman–Crippen LogP) is 3.99. The van der Waals surface area contributed by atoms with Crippen molar-refractivity contribution in [3.05, 3.63) is 59.1 Å². The topological polar surface area (TPSA) is 47.6 Å². The standard InChI is InChI=1S/C18H20ClNO3/c1-12(16-9-4-5-10-17(16)22-3)20-18(21)13(2)23-15-8-6-7-14(19)11-15/h4-13H,1-3H3,(H,20,21)/t12-,13-/m1/s1. The Morgan fingerprint density at radius 3 is 2.57 bits per heavy atom. The Kier molecular flexibility index (Phi) is 5.88. The largest absolute Gasteiger partial charge is 0.496 e. The highest BCUT2D eigenvalue weighted by molar-refractivity contribution is 6.30. The second kappa shape index (κ2) is 7.88. The summed E-state index contributed by atoms with van der Waals surface area (Å²) in [4.78, 5) is 12.3. The molecule has 23 heavy (non-hydrogen) atoms. The van der Waals surface area contributed by atoms with Crippen LogP contribution < -0.4 is 14.8 Å². The maximum absolute atomic E-state index is 12.3. The summed E-state index contributed by atoms with van der Waals surface area (Å²) in [5.41, 5.74) is 0.915. The average molecular weight is 334 g/mol. The molecule has 0 unspecified atom stereocenters. The molecule has 0 heterocycles. The fourth-order valence-corrected chi connectivity index (χ4v) is 2.41. The van der Waals surface area contributed by atoms with Crippen LogP contribution in [0.25, 0.3) is 0 Å². The third-order valence-corrected chi connectivity index (χ3v) is 3.68. The maximum atomic E-state index is 12.3. The summed E-state index contributed by atoms with van der Waals surface area (Å²) in [7, 11) is 1.61. The Bertz CT molecular complexity index is 675. The van der Waals surface area contributed by atoms with Gasteiger partial charge in [0.2, 0.25) is 0 Å². The van der Waals surface area contributed by atoms with Gasteiger partial charge in [-0.1, -0.05) is 35.9 Å². The van der Waals surface area contributed by atoms with Gasteiger partial charge in [0.1, 0.15) is 11.5 Å². The summed E-state index contributed by atoms with van der Waals surface area (Å²) in [6.45, 7) is 3.60. The van der Waals surface area contributed by atoms with Crippen molar-refractivity contribution < 1.29 is 14.3 Å². The fraction of sp³-hybridized carbons (Fsp3) is 0.278. The van der Waals surface area contributed by atoms with Crippen LogP contribution in [-0.2, 0) is 4.79 Å². The summed E-state index contributed by atoms with van der Waals surface area (Å²) in [5.74, 6) is 1.09. The van der Waals surface area contributed by atoms with Crippen molar-refractivity contribution >= 4 is 17.5 Å². The zero-order valence-corrected chi connectivity index (χ0v) is 14.1. The Morgan fingerprint density at radius 1 is 1.13 bits per heavy atom. The van der Waals surface area contributed by atoms with Crippen LogP contribution in [0, 0.1) is 0 Å². The van der Waals surface area contributed by atoms with E-state index >= 15 is 0 Å². The van der Waals surface area contributed by atoms with E-state index in [0.29, 0.717) is 10.8 Å². The number of benzene rings is 2. The van der Waals surface area contributed by atoms with Crippen molar-refractivity contribution in [2.75, 3.05) is 7.11 Å². The number of rotatable bonds is 6. The van der Waals surface area contributed by atoms with Crippen molar-refractivity contribution in [2.45, 2.75) is 26.0 Å². The molecule has 0 fully saturated rings. The Labute approximate surface area is 141 Å². The van der Waals surface area contributed by atoms with Gasteiger partial charge < -0.3 is 14.8 Å². The summed E-state index contributed by atoms with van der Waals surface area (Å²) in [5, 5.41) is 3.50. The van der Waals surface area contributed by atoms with Crippen LogP contribution in [0.1, 0.15) is 25.5 Å². The number of nitrogens with one attached hydrogen (secondary N) is 1. The number of amides is 1. The van der Waals surface area contributed by atoms with Crippen LogP contribution in [0.15, 0.2) is 48.5 Å². The molecular weight excluding hydrogens is 314 g/mol. The zero-order chi connectivity index (χ0) is 16.8. The minimum Gasteiger partial charge on any atom is -0.496 e. The first-order chi connectivity index (χ1) is 11.0. The fourth-order valence-electron chi connectivity index (χ4n) is 2.23. The summed E-state index contributed by atoms with van der Waals surface area (Å²) in [6, 6.07) is 14.4. The minimum absolute atomic E-state index is 0.191. The van der Waals surface area contributed by atoms with Crippen molar-refractivity contribution in [1.29, 1.82) is 0 Å². The third kappa shape index (κ3) is 4.63. The Morgan fingerprint density at radius 2 is 1.87 bits per heavy atom. The van der Waals surface area contributed by atoms with E-state index in [2.05, 4.69) is 5.32 Å². The van der Waals surface area contributed by atoms with Gasteiger partial charge in [0.05, 0.1) is 13.2 Å². The van der Waals surface area contributed by atoms with Gasteiger partial charge in [-0.3, -0.25) is 4.79 Å². The summed E-state index contributed by atoms with van der Waals surface area (Å²) < 4.78 is 10.9. The number of methoxy groups -OCH3 is 1. The molecule has 2 aromatic carbocycles. The number of carbonyl (C=O) groups excluding carboxylic acids is 1. The second-order valence-corrected chi connectivity index (χ2v) is 5.63. The highest BCUT2D eigenvalue weighted by Gasteiger charge is 2.19. The van der Waals surface area contributed by atoms with Gasteiger partial charge in [-0.05, 0) is 38.1 Å². The van der Waals surface area contributed by atoms with Gasteiger partial charge in [0, 0.05) is 10.6 Å². The molecule has 0 bridgehead atoms. The van der Waals surface area contributed by atoms with Crippen molar-refractivity contribution in [3.8, 4) is 11.5 Å². The van der Waals surface area contributed by atoms with Crippen LogP contribution in [0.3, 0.4) is 0 Å². The molecule has 0 aromatic heterocycles. The van der Waals surface area contributed by atoms with E-state index in [1.165, 1.54) is 0 Å². The minimum atomic E-state index is -0.634. The Balaban J connectivity index is 2.00. The second-order valence-electron chi connectivity index (χ2n) is 5.19. The van der Waals surface area contributed by atoms with Gasteiger partial charge >= 0.3 is 0 Å². The lowest BCUT2D eigenvalue weighted by Gasteiger charge is -2.20. The number of halogens is 1. The molecule has 0 saturated heterocycles. The van der Waals surface area contributed by atoms with Crippen molar-refractivity contribution in [3.63, 3.8) is 0 Å². The number of hydrogen-bond donors (Lipinski definition) is 1. The molecule has 0 aliphatic heterocycles. The average Bonchev–Trinajstić information content (AvgIpc) is 2.54. The maximum Gasteiger partial charge on any atom is 0.261 e. The molecular formula is C18H20ClNO3. The van der Waals surface area contributed by atoms with E-state index in [4.69, 9.17) is 21.1 Å². The number of para-hydroxylation sites is 1. The van der Waals surface area contributed by atoms with E-state index in [9.17, 15) is 4.79 Å². The normalized spacial score (nSPS) is 13.0. The SMILES string of the molecule is COc1ccccc1[C@@H](C)NC(=O)[C@@H](C)Oc1cccc(Cl)c1. The molecule has 2 aromatic rings. The lowest BCUT2D eigenvalue weighted by atomic mass is 10.1.